The number of rotatable bonds is 0. The molecule has 0 aromatic rings. The fourth-order valence-electron chi connectivity index (χ4n) is 0.0842. The smallest absolute Gasteiger partial charge is 0.104 e. The fourth-order valence-corrected chi connectivity index (χ4v) is 0.304. The van der Waals surface area contributed by atoms with Crippen molar-refractivity contribution < 1.29 is 6.48 Å². The maximum absolute atomic E-state index is 8.05. The summed E-state index contributed by atoms with van der Waals surface area (Å²) in [5.41, 5.74) is 0. The summed E-state index contributed by atoms with van der Waals surface area (Å²) in [5, 5.41) is 8.05. The molecule has 0 aliphatic rings. The van der Waals surface area contributed by atoms with Gasteiger partial charge in [-0.1, -0.05) is 34.4 Å². The molecular formula is C4H5IO. The van der Waals surface area contributed by atoms with Crippen LogP contribution in [0.5, 0.6) is 0 Å². The third-order valence-corrected chi connectivity index (χ3v) is 0.547. The van der Waals surface area contributed by atoms with Crippen LogP contribution < -0.4 is 0 Å². The Labute approximate surface area is 52.3 Å². The van der Waals surface area contributed by atoms with Gasteiger partial charge in [0.1, 0.15) is 6.61 Å². The van der Waals surface area contributed by atoms with Crippen LogP contribution in [0.15, 0.2) is 0 Å². The summed E-state index contributed by atoms with van der Waals surface area (Å²) in [5.74, 6) is 4.81. The predicted octanol–water partition coefficient (Wildman–Crippen LogP) is 0.417. The van der Waals surface area contributed by atoms with Crippen molar-refractivity contribution >= 4 is 22.6 Å². The lowest BCUT2D eigenvalue weighted by molar-refractivity contribution is 0.350. The van der Waals surface area contributed by atoms with Crippen LogP contribution in [-0.2, 0) is 0 Å². The molecule has 1 unspecified atom stereocenters. The van der Waals surface area contributed by atoms with E-state index >= 15 is 0 Å². The van der Waals surface area contributed by atoms with Gasteiger partial charge in [-0.2, -0.15) is 0 Å². The van der Waals surface area contributed by atoms with Crippen molar-refractivity contribution in [1.82, 2.24) is 0 Å². The van der Waals surface area contributed by atoms with Crippen LogP contribution in [0.3, 0.4) is 0 Å². The van der Waals surface area contributed by atoms with Crippen LogP contribution in [0, 0.1) is 11.8 Å². The molecule has 1 N–H and O–H groups in total. The molecule has 0 saturated heterocycles. The number of hydrogen-bond acceptors (Lipinski definition) is 1. The quantitative estimate of drug-likeness (QED) is 0.339. The second kappa shape index (κ2) is 5.25. The zero-order valence-electron chi connectivity index (χ0n) is 4.11. The number of aliphatic hydroxyl groups is 1. The first-order chi connectivity index (χ1) is 3.27. The van der Waals surface area contributed by atoms with E-state index in [0.29, 0.717) is 0 Å². The Bertz CT molecular complexity index is 91.6. The van der Waals surface area contributed by atoms with E-state index in [-0.39, 0.29) is 6.61 Å². The van der Waals surface area contributed by atoms with Crippen molar-refractivity contribution in [2.24, 2.45) is 0 Å². The Morgan fingerprint density at radius 2 is 2.50 bits per heavy atom. The molecule has 0 heterocycles. The second-order valence-electron chi connectivity index (χ2n) is 0.588. The van der Waals surface area contributed by atoms with Gasteiger partial charge in [0.2, 0.25) is 0 Å². The minimum absolute atomic E-state index is 0.140. The van der Waals surface area contributed by atoms with Crippen molar-refractivity contribution in [3.8, 4) is 11.8 Å². The summed E-state index contributed by atoms with van der Waals surface area (Å²) >= 11 is 1.85. The normalized spacial score (nSPS) is 14.0. The third-order valence-electron chi connectivity index (χ3n) is 0.236. The van der Waals surface area contributed by atoms with E-state index in [4.69, 9.17) is 6.48 Å². The van der Waals surface area contributed by atoms with Gasteiger partial charge in [0.25, 0.3) is 0 Å². The van der Waals surface area contributed by atoms with Gasteiger partial charge in [0.05, 0.1) is 5.77 Å². The van der Waals surface area contributed by atoms with Gasteiger partial charge >= 0.3 is 0 Å². The Balaban J connectivity index is 3.24. The molecule has 1 nitrogen and oxygen atoms in total. The molecule has 0 aliphatic heterocycles. The van der Waals surface area contributed by atoms with Gasteiger partial charge in [-0.3, -0.25) is 0 Å². The Hall–Kier alpha value is 0.250. The highest BCUT2D eigenvalue weighted by molar-refractivity contribution is 14.1. The van der Waals surface area contributed by atoms with Crippen molar-refractivity contribution in [3.05, 3.63) is 0 Å². The average Bonchev–Trinajstić information content (AvgIpc) is 1.61. The maximum atomic E-state index is 8.05. The summed E-state index contributed by atoms with van der Waals surface area (Å²) < 4.78 is 6.38. The standard InChI is InChI=1S/C4H5IO/c5-3-1-2-4-6/h6H,3-4H2/i3D. The van der Waals surface area contributed by atoms with Crippen molar-refractivity contribution in [1.29, 1.82) is 0 Å². The number of alkyl halides is 1. The van der Waals surface area contributed by atoms with E-state index in [0.717, 1.165) is 0 Å². The van der Waals surface area contributed by atoms with Crippen LogP contribution >= 0.6 is 22.6 Å². The van der Waals surface area contributed by atoms with E-state index in [1.807, 2.05) is 22.6 Å². The van der Waals surface area contributed by atoms with Gasteiger partial charge in [-0.15, -0.1) is 0 Å². The van der Waals surface area contributed by atoms with Crippen LogP contribution in [-0.4, -0.2) is 16.1 Å². The third kappa shape index (κ3) is 4.25. The summed E-state index contributed by atoms with van der Waals surface area (Å²) in [7, 11) is 0. The maximum Gasteiger partial charge on any atom is 0.104 e. The zero-order valence-corrected chi connectivity index (χ0v) is 5.27. The molecule has 0 saturated carbocycles. The topological polar surface area (TPSA) is 20.2 Å². The van der Waals surface area contributed by atoms with Gasteiger partial charge in [-0.05, 0) is 0 Å². The fraction of sp³-hybridized carbons (Fsp3) is 0.500. The SMILES string of the molecule is [2H]C(I)C#CCO. The predicted molar refractivity (Wildman–Crippen MR) is 33.7 cm³/mol. The molecule has 2 heteroatoms. The van der Waals surface area contributed by atoms with Gasteiger partial charge < -0.3 is 5.11 Å². The van der Waals surface area contributed by atoms with Crippen LogP contribution in [0.25, 0.3) is 0 Å². The van der Waals surface area contributed by atoms with E-state index in [9.17, 15) is 0 Å². The summed E-state index contributed by atoms with van der Waals surface area (Å²) in [6.07, 6.45) is 0. The molecule has 0 aromatic heterocycles. The molecule has 0 rings (SSSR count). The highest BCUT2D eigenvalue weighted by Gasteiger charge is 1.57. The lowest BCUT2D eigenvalue weighted by Gasteiger charge is -1.65. The van der Waals surface area contributed by atoms with Crippen LogP contribution in [0.1, 0.15) is 1.37 Å². The molecule has 0 fully saturated rings. The molecule has 0 radical (unpaired) electrons. The average molecular weight is 197 g/mol. The largest absolute Gasteiger partial charge is 0.384 e. The first-order valence-electron chi connectivity index (χ1n) is 2.00. The molecule has 0 aliphatic carbocycles. The Kier molecular flexibility index (Phi) is 3.86. The molecule has 34 valence electrons. The zero-order chi connectivity index (χ0) is 5.70. The highest BCUT2D eigenvalue weighted by atomic mass is 127. The number of aliphatic hydroxyl groups excluding tert-OH is 1. The highest BCUT2D eigenvalue weighted by Crippen LogP contribution is 1.72. The van der Waals surface area contributed by atoms with Crippen LogP contribution in [0.4, 0.5) is 0 Å². The Morgan fingerprint density at radius 1 is 1.83 bits per heavy atom. The molecule has 0 aromatic carbocycles. The molecule has 6 heavy (non-hydrogen) atoms. The van der Waals surface area contributed by atoms with E-state index in [2.05, 4.69) is 11.8 Å². The van der Waals surface area contributed by atoms with E-state index in [1.165, 1.54) is 0 Å². The van der Waals surface area contributed by atoms with Crippen LogP contribution in [0.2, 0.25) is 0 Å². The van der Waals surface area contributed by atoms with E-state index in [1.54, 1.807) is 0 Å². The molecule has 1 atom stereocenters. The summed E-state index contributed by atoms with van der Waals surface area (Å²) in [4.78, 5) is 0. The van der Waals surface area contributed by atoms with E-state index < -0.39 is 4.40 Å². The molecule has 0 spiro atoms. The number of hydrogen-bond donors (Lipinski definition) is 1. The van der Waals surface area contributed by atoms with Gasteiger partial charge in [0, 0.05) is 0 Å². The van der Waals surface area contributed by atoms with Gasteiger partial charge in [0.15, 0.2) is 0 Å². The first kappa shape index (κ1) is 4.41. The minimum atomic E-state index is -0.398. The molecule has 0 amide bonds. The first-order valence-corrected chi connectivity index (χ1v) is 2.67. The van der Waals surface area contributed by atoms with Gasteiger partial charge in [-0.25, -0.2) is 0 Å². The molecule has 0 bridgehead atoms. The monoisotopic (exact) mass is 197 g/mol. The van der Waals surface area contributed by atoms with Crippen molar-refractivity contribution in [3.63, 3.8) is 0 Å². The minimum Gasteiger partial charge on any atom is -0.384 e. The Morgan fingerprint density at radius 3 is 2.67 bits per heavy atom. The lowest BCUT2D eigenvalue weighted by Crippen LogP contribution is -1.70. The van der Waals surface area contributed by atoms with Crippen molar-refractivity contribution in [2.45, 2.75) is 0 Å². The summed E-state index contributed by atoms with van der Waals surface area (Å²) in [6.45, 7) is -0.140. The molecular weight excluding hydrogens is 191 g/mol. The second-order valence-corrected chi connectivity index (χ2v) is 1.21. The number of halogens is 1. The van der Waals surface area contributed by atoms with Crippen molar-refractivity contribution in [2.75, 3.05) is 11.0 Å². The lowest BCUT2D eigenvalue weighted by atomic mass is 10.6. The summed E-state index contributed by atoms with van der Waals surface area (Å²) in [6, 6.07) is 0.